The molecule has 0 spiro atoms. The summed E-state index contributed by atoms with van der Waals surface area (Å²) in [4.78, 5) is 14.1. The number of carbonyl (C=O) groups is 1. The fourth-order valence-corrected chi connectivity index (χ4v) is 2.73. The van der Waals surface area contributed by atoms with Crippen molar-refractivity contribution in [3.63, 3.8) is 0 Å². The largest absolute Gasteiger partial charge is 0.480 e. The Morgan fingerprint density at radius 3 is 2.16 bits per heavy atom. The number of likely N-dealkylation sites (N-methyl/N-ethyl adjacent to an activating group) is 1. The Hall–Kier alpha value is -0.610. The minimum atomic E-state index is -0.786. The third kappa shape index (κ3) is 3.93. The van der Waals surface area contributed by atoms with E-state index in [1.54, 1.807) is 0 Å². The van der Waals surface area contributed by atoms with E-state index in [0.717, 1.165) is 12.8 Å². The third-order valence-corrected chi connectivity index (χ3v) is 4.36. The molecule has 0 heterocycles. The minimum Gasteiger partial charge on any atom is -0.480 e. The average Bonchev–Trinajstić information content (AvgIpc) is 3.09. The zero-order chi connectivity index (χ0) is 14.8. The number of aliphatic carboxylic acids is 1. The number of hydrogen-bond donors (Lipinski definition) is 2. The van der Waals surface area contributed by atoms with Crippen molar-refractivity contribution in [2.75, 3.05) is 13.6 Å². The molecule has 1 rings (SSSR count). The van der Waals surface area contributed by atoms with E-state index in [1.807, 2.05) is 20.9 Å². The number of hydrogen-bond acceptors (Lipinski definition) is 3. The summed E-state index contributed by atoms with van der Waals surface area (Å²) in [5.41, 5.74) is -0.786. The van der Waals surface area contributed by atoms with Gasteiger partial charge in [0.05, 0.1) is 0 Å². The fraction of sp³-hybridized carbons (Fsp3) is 0.933. The van der Waals surface area contributed by atoms with Gasteiger partial charge in [0.25, 0.3) is 0 Å². The van der Waals surface area contributed by atoms with E-state index in [9.17, 15) is 9.90 Å². The molecule has 1 fully saturated rings. The number of nitrogens with zero attached hydrogens (tertiary/aromatic N) is 1. The fourth-order valence-electron chi connectivity index (χ4n) is 2.73. The van der Waals surface area contributed by atoms with E-state index < -0.39 is 11.5 Å². The lowest BCUT2D eigenvalue weighted by Gasteiger charge is -2.39. The minimum absolute atomic E-state index is 0.180. The van der Waals surface area contributed by atoms with E-state index >= 15 is 0 Å². The summed E-state index contributed by atoms with van der Waals surface area (Å²) in [5, 5.41) is 13.1. The first-order valence-corrected chi connectivity index (χ1v) is 7.42. The molecule has 1 aliphatic carbocycles. The Kier molecular flexibility index (Phi) is 5.39. The van der Waals surface area contributed by atoms with Crippen molar-refractivity contribution in [3.05, 3.63) is 0 Å². The molecule has 4 nitrogen and oxygen atoms in total. The number of carboxylic acid groups (broad SMARTS) is 1. The summed E-state index contributed by atoms with van der Waals surface area (Å²) in [6.45, 7) is 11.1. The van der Waals surface area contributed by atoms with Gasteiger partial charge in [-0.3, -0.25) is 10.1 Å². The van der Waals surface area contributed by atoms with E-state index in [1.165, 1.54) is 0 Å². The molecule has 112 valence electrons. The zero-order valence-electron chi connectivity index (χ0n) is 13.2. The predicted molar refractivity (Wildman–Crippen MR) is 78.3 cm³/mol. The molecule has 1 saturated carbocycles. The second-order valence-electron chi connectivity index (χ2n) is 6.75. The van der Waals surface area contributed by atoms with Crippen molar-refractivity contribution in [2.45, 2.75) is 65.1 Å². The van der Waals surface area contributed by atoms with E-state index in [2.05, 4.69) is 31.0 Å². The van der Waals surface area contributed by atoms with Gasteiger partial charge in [0, 0.05) is 18.6 Å². The molecule has 0 amide bonds. The van der Waals surface area contributed by atoms with Crippen LogP contribution in [0.2, 0.25) is 0 Å². The standard InChI is InChI=1S/C15H30N2O2/c1-10(2)12(5)17(6)9-15(14(18)19,13-7-8-13)16-11(3)4/h10-13,16H,7-9H2,1-6H3,(H,18,19). The number of carboxylic acids is 1. The summed E-state index contributed by atoms with van der Waals surface area (Å²) >= 11 is 0. The Morgan fingerprint density at radius 1 is 1.32 bits per heavy atom. The quantitative estimate of drug-likeness (QED) is 0.710. The van der Waals surface area contributed by atoms with Gasteiger partial charge in [-0.2, -0.15) is 0 Å². The lowest BCUT2D eigenvalue weighted by molar-refractivity contribution is -0.147. The molecule has 2 atom stereocenters. The van der Waals surface area contributed by atoms with Gasteiger partial charge in [0.1, 0.15) is 5.54 Å². The lowest BCUT2D eigenvalue weighted by atomic mass is 9.90. The van der Waals surface area contributed by atoms with Gasteiger partial charge in [0.15, 0.2) is 0 Å². The molecule has 19 heavy (non-hydrogen) atoms. The molecule has 0 aromatic rings. The topological polar surface area (TPSA) is 52.6 Å². The van der Waals surface area contributed by atoms with E-state index in [0.29, 0.717) is 18.5 Å². The van der Waals surface area contributed by atoms with Crippen LogP contribution in [0.5, 0.6) is 0 Å². The first-order chi connectivity index (χ1) is 8.70. The molecule has 0 aromatic carbocycles. The zero-order valence-corrected chi connectivity index (χ0v) is 13.2. The maximum atomic E-state index is 11.9. The molecule has 0 aliphatic heterocycles. The number of nitrogens with one attached hydrogen (secondary N) is 1. The average molecular weight is 270 g/mol. The molecule has 0 bridgehead atoms. The highest BCUT2D eigenvalue weighted by Gasteiger charge is 2.52. The molecule has 4 heteroatoms. The highest BCUT2D eigenvalue weighted by atomic mass is 16.4. The third-order valence-electron chi connectivity index (χ3n) is 4.36. The monoisotopic (exact) mass is 270 g/mol. The molecule has 2 unspecified atom stereocenters. The maximum Gasteiger partial charge on any atom is 0.325 e. The first-order valence-electron chi connectivity index (χ1n) is 7.42. The summed E-state index contributed by atoms with van der Waals surface area (Å²) in [5.74, 6) is 0.0930. The van der Waals surface area contributed by atoms with Crippen LogP contribution in [0, 0.1) is 11.8 Å². The Morgan fingerprint density at radius 2 is 1.84 bits per heavy atom. The second-order valence-corrected chi connectivity index (χ2v) is 6.75. The van der Waals surface area contributed by atoms with Gasteiger partial charge in [-0.1, -0.05) is 13.8 Å². The predicted octanol–water partition coefficient (Wildman–Crippen LogP) is 2.19. The van der Waals surface area contributed by atoms with E-state index in [-0.39, 0.29) is 12.0 Å². The molecule has 2 N–H and O–H groups in total. The van der Waals surface area contributed by atoms with Crippen molar-refractivity contribution >= 4 is 5.97 Å². The second kappa shape index (κ2) is 6.23. The normalized spacial score (nSPS) is 20.9. The first kappa shape index (κ1) is 16.4. The smallest absolute Gasteiger partial charge is 0.325 e. The molecular formula is C15H30N2O2. The van der Waals surface area contributed by atoms with Crippen LogP contribution >= 0.6 is 0 Å². The van der Waals surface area contributed by atoms with Crippen LogP contribution in [0.25, 0.3) is 0 Å². The van der Waals surface area contributed by atoms with E-state index in [4.69, 9.17) is 0 Å². The molecular weight excluding hydrogens is 240 g/mol. The van der Waals surface area contributed by atoms with Gasteiger partial charge >= 0.3 is 5.97 Å². The SMILES string of the molecule is CC(C)NC(CN(C)C(C)C(C)C)(C(=O)O)C1CC1. The van der Waals surface area contributed by atoms with Crippen molar-refractivity contribution in [3.8, 4) is 0 Å². The van der Waals surface area contributed by atoms with Crippen molar-refractivity contribution in [1.82, 2.24) is 10.2 Å². The van der Waals surface area contributed by atoms with Gasteiger partial charge in [-0.15, -0.1) is 0 Å². The van der Waals surface area contributed by atoms with Gasteiger partial charge < -0.3 is 10.0 Å². The lowest BCUT2D eigenvalue weighted by Crippen LogP contribution is -2.63. The van der Waals surface area contributed by atoms with Crippen LogP contribution in [-0.4, -0.2) is 47.2 Å². The molecule has 0 radical (unpaired) electrons. The summed E-state index contributed by atoms with van der Waals surface area (Å²) in [7, 11) is 2.03. The Bertz CT molecular complexity index is 313. The van der Waals surface area contributed by atoms with Crippen LogP contribution in [0.15, 0.2) is 0 Å². The van der Waals surface area contributed by atoms with Crippen LogP contribution in [0.4, 0.5) is 0 Å². The van der Waals surface area contributed by atoms with Gasteiger partial charge in [-0.25, -0.2) is 0 Å². The van der Waals surface area contributed by atoms with Crippen LogP contribution < -0.4 is 5.32 Å². The summed E-state index contributed by atoms with van der Waals surface area (Å²) in [6.07, 6.45) is 2.05. The van der Waals surface area contributed by atoms with Crippen molar-refractivity contribution < 1.29 is 9.90 Å². The number of rotatable bonds is 8. The van der Waals surface area contributed by atoms with Crippen LogP contribution in [0.1, 0.15) is 47.5 Å². The summed E-state index contributed by atoms with van der Waals surface area (Å²) in [6, 6.07) is 0.561. The van der Waals surface area contributed by atoms with Crippen molar-refractivity contribution in [2.24, 2.45) is 11.8 Å². The Balaban J connectivity index is 2.87. The molecule has 0 saturated heterocycles. The summed E-state index contributed by atoms with van der Waals surface area (Å²) < 4.78 is 0. The van der Waals surface area contributed by atoms with Gasteiger partial charge in [-0.05, 0) is 52.5 Å². The maximum absolute atomic E-state index is 11.9. The molecule has 0 aromatic heterocycles. The van der Waals surface area contributed by atoms with Crippen LogP contribution in [-0.2, 0) is 4.79 Å². The van der Waals surface area contributed by atoms with Crippen LogP contribution in [0.3, 0.4) is 0 Å². The highest BCUT2D eigenvalue weighted by molar-refractivity contribution is 5.80. The molecule has 1 aliphatic rings. The Labute approximate surface area is 117 Å². The highest BCUT2D eigenvalue weighted by Crippen LogP contribution is 2.41. The van der Waals surface area contributed by atoms with Crippen molar-refractivity contribution in [1.29, 1.82) is 0 Å². The van der Waals surface area contributed by atoms with Gasteiger partial charge in [0.2, 0.25) is 0 Å².